The molecule has 0 saturated heterocycles. The highest BCUT2D eigenvalue weighted by Crippen LogP contribution is 2.37. The summed E-state index contributed by atoms with van der Waals surface area (Å²) in [4.78, 5) is 11.5. The van der Waals surface area contributed by atoms with Gasteiger partial charge in [-0.15, -0.1) is 11.3 Å². The molecule has 1 fully saturated rings. The van der Waals surface area contributed by atoms with E-state index in [0.717, 1.165) is 16.0 Å². The monoisotopic (exact) mass is 324 g/mol. The zero-order valence-corrected chi connectivity index (χ0v) is 14.1. The third kappa shape index (κ3) is 3.22. The Morgan fingerprint density at radius 1 is 1.33 bits per heavy atom. The predicted molar refractivity (Wildman–Crippen MR) is 88.1 cm³/mol. The number of aryl methyl sites for hydroxylation is 1. The highest BCUT2D eigenvalue weighted by atomic mass is 35.5. The molecular formula is C16H21ClN2OS. The van der Waals surface area contributed by atoms with Crippen LogP contribution < -0.4 is 0 Å². The minimum atomic E-state index is -0.0143. The summed E-state index contributed by atoms with van der Waals surface area (Å²) in [5.74, 6) is 1.29. The van der Waals surface area contributed by atoms with Gasteiger partial charge in [0, 0.05) is 16.9 Å². The third-order valence-electron chi connectivity index (χ3n) is 4.17. The number of aromatic nitrogens is 2. The fourth-order valence-corrected chi connectivity index (χ4v) is 4.36. The van der Waals surface area contributed by atoms with Crippen LogP contribution in [-0.2, 0) is 4.74 Å². The molecule has 0 spiro atoms. The fourth-order valence-electron chi connectivity index (χ4n) is 3.19. The number of fused-ring (bicyclic) bond motifs is 1. The molecule has 2 heterocycles. The standard InChI is InChI=1S/C16H21ClN2OS/c1-3-20-13(11-7-5-4-6-8-11)15-18-14(17)12-9-10(2)21-16(12)19-15/h9,11,13H,3-8H2,1-2H3. The summed E-state index contributed by atoms with van der Waals surface area (Å²) in [6.07, 6.45) is 6.28. The molecule has 1 saturated carbocycles. The molecule has 1 aliphatic carbocycles. The summed E-state index contributed by atoms with van der Waals surface area (Å²) >= 11 is 8.03. The highest BCUT2D eigenvalue weighted by molar-refractivity contribution is 7.18. The van der Waals surface area contributed by atoms with E-state index in [2.05, 4.69) is 18.0 Å². The number of rotatable bonds is 4. The van der Waals surface area contributed by atoms with E-state index in [1.165, 1.54) is 37.0 Å². The normalized spacial score (nSPS) is 18.2. The number of hydrogen-bond acceptors (Lipinski definition) is 4. The summed E-state index contributed by atoms with van der Waals surface area (Å²) in [5.41, 5.74) is 0. The molecule has 1 unspecified atom stereocenters. The quantitative estimate of drug-likeness (QED) is 0.715. The van der Waals surface area contributed by atoms with Crippen molar-refractivity contribution in [2.24, 2.45) is 5.92 Å². The zero-order valence-electron chi connectivity index (χ0n) is 12.6. The van der Waals surface area contributed by atoms with Crippen molar-refractivity contribution in [1.82, 2.24) is 9.97 Å². The van der Waals surface area contributed by atoms with Gasteiger partial charge < -0.3 is 4.74 Å². The molecule has 0 aromatic carbocycles. The molecule has 114 valence electrons. The Balaban J connectivity index is 1.97. The second-order valence-corrected chi connectivity index (χ2v) is 7.32. The Hall–Kier alpha value is -0.710. The van der Waals surface area contributed by atoms with E-state index in [4.69, 9.17) is 21.3 Å². The van der Waals surface area contributed by atoms with Crippen molar-refractivity contribution in [2.75, 3.05) is 6.61 Å². The van der Waals surface area contributed by atoms with Gasteiger partial charge in [0.1, 0.15) is 16.1 Å². The Labute approximate surface area is 134 Å². The van der Waals surface area contributed by atoms with Crippen LogP contribution >= 0.6 is 22.9 Å². The molecule has 0 N–H and O–H groups in total. The van der Waals surface area contributed by atoms with E-state index in [9.17, 15) is 0 Å². The topological polar surface area (TPSA) is 35.0 Å². The first-order valence-electron chi connectivity index (χ1n) is 7.74. The molecule has 3 rings (SSSR count). The van der Waals surface area contributed by atoms with Crippen LogP contribution in [-0.4, -0.2) is 16.6 Å². The van der Waals surface area contributed by atoms with E-state index < -0.39 is 0 Å². The minimum Gasteiger partial charge on any atom is -0.370 e. The van der Waals surface area contributed by atoms with Crippen molar-refractivity contribution < 1.29 is 4.74 Å². The maximum Gasteiger partial charge on any atom is 0.160 e. The van der Waals surface area contributed by atoms with Gasteiger partial charge >= 0.3 is 0 Å². The van der Waals surface area contributed by atoms with Crippen LogP contribution in [0.3, 0.4) is 0 Å². The summed E-state index contributed by atoms with van der Waals surface area (Å²) in [7, 11) is 0. The first-order chi connectivity index (χ1) is 10.2. The summed E-state index contributed by atoms with van der Waals surface area (Å²) in [6, 6.07) is 2.06. The van der Waals surface area contributed by atoms with Crippen LogP contribution in [0, 0.1) is 12.8 Å². The van der Waals surface area contributed by atoms with E-state index >= 15 is 0 Å². The lowest BCUT2D eigenvalue weighted by Crippen LogP contribution is -2.21. The van der Waals surface area contributed by atoms with E-state index in [-0.39, 0.29) is 6.10 Å². The van der Waals surface area contributed by atoms with Gasteiger partial charge in [0.15, 0.2) is 5.82 Å². The van der Waals surface area contributed by atoms with Crippen LogP contribution in [0.2, 0.25) is 5.15 Å². The zero-order chi connectivity index (χ0) is 14.8. The van der Waals surface area contributed by atoms with Crippen molar-refractivity contribution in [3.05, 3.63) is 21.9 Å². The van der Waals surface area contributed by atoms with Crippen LogP contribution in [0.5, 0.6) is 0 Å². The third-order valence-corrected chi connectivity index (χ3v) is 5.40. The number of ether oxygens (including phenoxy) is 1. The van der Waals surface area contributed by atoms with Crippen molar-refractivity contribution in [3.63, 3.8) is 0 Å². The molecule has 0 aliphatic heterocycles. The van der Waals surface area contributed by atoms with Crippen molar-refractivity contribution in [2.45, 2.75) is 52.1 Å². The van der Waals surface area contributed by atoms with Gasteiger partial charge in [-0.2, -0.15) is 0 Å². The van der Waals surface area contributed by atoms with Crippen molar-refractivity contribution in [3.8, 4) is 0 Å². The second kappa shape index (κ2) is 6.59. The molecule has 0 amide bonds. The van der Waals surface area contributed by atoms with Crippen molar-refractivity contribution in [1.29, 1.82) is 0 Å². The first kappa shape index (κ1) is 15.2. The molecule has 1 aliphatic rings. The van der Waals surface area contributed by atoms with E-state index in [1.807, 2.05) is 6.92 Å². The second-order valence-electron chi connectivity index (χ2n) is 5.72. The molecule has 3 nitrogen and oxygen atoms in total. The molecule has 1 atom stereocenters. The fraction of sp³-hybridized carbons (Fsp3) is 0.625. The SMILES string of the molecule is CCOC(c1nc(Cl)c2cc(C)sc2n1)C1CCCCC1. The van der Waals surface area contributed by atoms with E-state index in [1.54, 1.807) is 11.3 Å². The van der Waals surface area contributed by atoms with Crippen LogP contribution in [0.15, 0.2) is 6.07 Å². The Kier molecular flexibility index (Phi) is 4.77. The molecule has 0 bridgehead atoms. The molecule has 21 heavy (non-hydrogen) atoms. The van der Waals surface area contributed by atoms with Gasteiger partial charge in [-0.1, -0.05) is 30.9 Å². The van der Waals surface area contributed by atoms with Crippen molar-refractivity contribution >= 4 is 33.2 Å². The van der Waals surface area contributed by atoms with Gasteiger partial charge in [0.2, 0.25) is 0 Å². The van der Waals surface area contributed by atoms with Gasteiger partial charge in [-0.25, -0.2) is 9.97 Å². The maximum atomic E-state index is 6.36. The lowest BCUT2D eigenvalue weighted by atomic mass is 9.85. The van der Waals surface area contributed by atoms with Gasteiger partial charge in [0.25, 0.3) is 0 Å². The van der Waals surface area contributed by atoms with Gasteiger partial charge in [0.05, 0.1) is 0 Å². The maximum absolute atomic E-state index is 6.36. The summed E-state index contributed by atoms with van der Waals surface area (Å²) < 4.78 is 6.00. The molecular weight excluding hydrogens is 304 g/mol. The highest BCUT2D eigenvalue weighted by Gasteiger charge is 2.28. The average Bonchev–Trinajstić information content (AvgIpc) is 2.86. The lowest BCUT2D eigenvalue weighted by molar-refractivity contribution is 0.0000759. The van der Waals surface area contributed by atoms with Gasteiger partial charge in [-0.05, 0) is 38.7 Å². The largest absolute Gasteiger partial charge is 0.370 e. The molecule has 0 radical (unpaired) electrons. The lowest BCUT2D eigenvalue weighted by Gasteiger charge is -2.29. The van der Waals surface area contributed by atoms with Gasteiger partial charge in [-0.3, -0.25) is 0 Å². The number of halogens is 1. The average molecular weight is 325 g/mol. The van der Waals surface area contributed by atoms with Crippen LogP contribution in [0.25, 0.3) is 10.2 Å². The van der Waals surface area contributed by atoms with Crippen LogP contribution in [0.4, 0.5) is 0 Å². The van der Waals surface area contributed by atoms with E-state index in [0.29, 0.717) is 17.7 Å². The Bertz CT molecular complexity index is 622. The minimum absolute atomic E-state index is 0.0143. The predicted octanol–water partition coefficient (Wildman–Crippen LogP) is 5.31. The molecule has 5 heteroatoms. The van der Waals surface area contributed by atoms with Crippen LogP contribution in [0.1, 0.15) is 55.8 Å². The summed E-state index contributed by atoms with van der Waals surface area (Å²) in [6.45, 7) is 4.79. The summed E-state index contributed by atoms with van der Waals surface area (Å²) in [5, 5.41) is 1.52. The number of thiophene rings is 1. The smallest absolute Gasteiger partial charge is 0.160 e. The Morgan fingerprint density at radius 2 is 2.10 bits per heavy atom. The Morgan fingerprint density at radius 3 is 2.81 bits per heavy atom. The molecule has 2 aromatic rings. The number of hydrogen-bond donors (Lipinski definition) is 0. The first-order valence-corrected chi connectivity index (χ1v) is 8.93. The molecule has 2 aromatic heterocycles. The number of nitrogens with zero attached hydrogens (tertiary/aromatic N) is 2.